The minimum Gasteiger partial charge on any atom is -0.504 e. The van der Waals surface area contributed by atoms with Crippen LogP contribution in [0.1, 0.15) is 16.7 Å². The van der Waals surface area contributed by atoms with E-state index in [2.05, 4.69) is 10.3 Å². The molecule has 0 radical (unpaired) electrons. The Morgan fingerprint density at radius 2 is 2.00 bits per heavy atom. The number of benzene rings is 2. The number of aromatic hydroxyl groups is 1. The number of nitrogens with one attached hydrogen (secondary N) is 1. The van der Waals surface area contributed by atoms with Crippen molar-refractivity contribution in [2.45, 2.75) is 13.8 Å². The summed E-state index contributed by atoms with van der Waals surface area (Å²) >= 11 is 1.29. The molecule has 25 heavy (non-hydrogen) atoms. The molecule has 1 saturated heterocycles. The molecule has 0 aromatic heterocycles. The highest BCUT2D eigenvalue weighted by Crippen LogP contribution is 2.32. The molecular formula is C19H18N2O3S. The molecule has 0 saturated carbocycles. The lowest BCUT2D eigenvalue weighted by atomic mass is 10.1. The third-order valence-electron chi connectivity index (χ3n) is 3.74. The van der Waals surface area contributed by atoms with Crippen molar-refractivity contribution in [3.63, 3.8) is 0 Å². The number of thioether (sulfide) groups is 1. The van der Waals surface area contributed by atoms with Crippen molar-refractivity contribution in [3.05, 3.63) is 58.0 Å². The lowest BCUT2D eigenvalue weighted by Crippen LogP contribution is -2.19. The van der Waals surface area contributed by atoms with Crippen LogP contribution in [-0.2, 0) is 4.79 Å². The molecule has 1 aliphatic rings. The number of carbonyl (C=O) groups excluding carboxylic acids is 1. The molecule has 0 aliphatic carbocycles. The molecule has 0 bridgehead atoms. The van der Waals surface area contributed by atoms with Gasteiger partial charge in [-0.1, -0.05) is 18.2 Å². The van der Waals surface area contributed by atoms with E-state index in [4.69, 9.17) is 4.74 Å². The van der Waals surface area contributed by atoms with Crippen LogP contribution in [0.3, 0.4) is 0 Å². The monoisotopic (exact) mass is 354 g/mol. The summed E-state index contributed by atoms with van der Waals surface area (Å²) in [5.41, 5.74) is 3.77. The zero-order chi connectivity index (χ0) is 18.0. The van der Waals surface area contributed by atoms with Crippen LogP contribution in [0.25, 0.3) is 6.08 Å². The molecule has 5 nitrogen and oxygen atoms in total. The van der Waals surface area contributed by atoms with Crippen molar-refractivity contribution in [3.8, 4) is 11.5 Å². The molecule has 128 valence electrons. The largest absolute Gasteiger partial charge is 0.504 e. The Morgan fingerprint density at radius 1 is 1.20 bits per heavy atom. The molecule has 1 heterocycles. The predicted octanol–water partition coefficient (Wildman–Crippen LogP) is 3.91. The SMILES string of the molecule is COc1cc(/C=C2\SC(=Nc3cc(C)ccc3C)NC2=O)ccc1O. The summed E-state index contributed by atoms with van der Waals surface area (Å²) in [6.45, 7) is 3.99. The summed E-state index contributed by atoms with van der Waals surface area (Å²) < 4.78 is 5.09. The molecule has 2 aromatic rings. The van der Waals surface area contributed by atoms with Crippen LogP contribution in [0.4, 0.5) is 5.69 Å². The second kappa shape index (κ2) is 7.03. The van der Waals surface area contributed by atoms with Crippen LogP contribution in [0.5, 0.6) is 11.5 Å². The first-order chi connectivity index (χ1) is 12.0. The molecule has 1 fully saturated rings. The van der Waals surface area contributed by atoms with Crippen LogP contribution < -0.4 is 10.1 Å². The quantitative estimate of drug-likeness (QED) is 0.820. The maximum absolute atomic E-state index is 12.2. The van der Waals surface area contributed by atoms with Gasteiger partial charge in [-0.2, -0.15) is 0 Å². The highest BCUT2D eigenvalue weighted by Gasteiger charge is 2.24. The molecule has 6 heteroatoms. The summed E-state index contributed by atoms with van der Waals surface area (Å²) in [5, 5.41) is 13.0. The first-order valence-electron chi connectivity index (χ1n) is 7.70. The Hall–Kier alpha value is -2.73. The van der Waals surface area contributed by atoms with Crippen molar-refractivity contribution in [2.75, 3.05) is 7.11 Å². The Labute approximate surface area is 150 Å². The molecule has 1 aliphatic heterocycles. The molecule has 3 rings (SSSR count). The van der Waals surface area contributed by atoms with Crippen molar-refractivity contribution in [2.24, 2.45) is 4.99 Å². The van der Waals surface area contributed by atoms with Gasteiger partial charge in [-0.15, -0.1) is 0 Å². The lowest BCUT2D eigenvalue weighted by Gasteiger charge is -2.04. The van der Waals surface area contributed by atoms with E-state index in [-0.39, 0.29) is 11.7 Å². The molecule has 2 aromatic carbocycles. The average Bonchev–Trinajstić information content (AvgIpc) is 2.92. The lowest BCUT2D eigenvalue weighted by molar-refractivity contribution is -0.115. The number of amidine groups is 1. The van der Waals surface area contributed by atoms with Crippen molar-refractivity contribution < 1.29 is 14.6 Å². The third-order valence-corrected chi connectivity index (χ3v) is 4.65. The van der Waals surface area contributed by atoms with Gasteiger partial charge in [0.15, 0.2) is 16.7 Å². The van der Waals surface area contributed by atoms with Gasteiger partial charge in [0.2, 0.25) is 0 Å². The summed E-state index contributed by atoms with van der Waals surface area (Å²) in [5.74, 6) is 0.230. The highest BCUT2D eigenvalue weighted by molar-refractivity contribution is 8.18. The van der Waals surface area contributed by atoms with Crippen LogP contribution in [0, 0.1) is 13.8 Å². The van der Waals surface area contributed by atoms with E-state index in [0.717, 1.165) is 22.4 Å². The summed E-state index contributed by atoms with van der Waals surface area (Å²) in [6.07, 6.45) is 1.74. The Kier molecular flexibility index (Phi) is 4.81. The third kappa shape index (κ3) is 3.85. The molecule has 0 unspecified atom stereocenters. The fourth-order valence-electron chi connectivity index (χ4n) is 2.37. The van der Waals surface area contributed by atoms with Crippen molar-refractivity contribution >= 4 is 34.6 Å². The average molecular weight is 354 g/mol. The van der Waals surface area contributed by atoms with Gasteiger partial charge < -0.3 is 15.2 Å². The smallest absolute Gasteiger partial charge is 0.264 e. The van der Waals surface area contributed by atoms with Gasteiger partial charge in [0.1, 0.15) is 0 Å². The number of aryl methyl sites for hydroxylation is 2. The van der Waals surface area contributed by atoms with E-state index < -0.39 is 0 Å². The van der Waals surface area contributed by atoms with Crippen LogP contribution in [0.15, 0.2) is 46.3 Å². The van der Waals surface area contributed by atoms with Crippen LogP contribution >= 0.6 is 11.8 Å². The predicted molar refractivity (Wildman–Crippen MR) is 101 cm³/mol. The van der Waals surface area contributed by atoms with Gasteiger partial charge in [-0.25, -0.2) is 4.99 Å². The summed E-state index contributed by atoms with van der Waals surface area (Å²) in [7, 11) is 1.48. The van der Waals surface area contributed by atoms with E-state index >= 15 is 0 Å². The number of aliphatic imine (C=N–C) groups is 1. The second-order valence-electron chi connectivity index (χ2n) is 5.70. The molecular weight excluding hydrogens is 336 g/mol. The molecule has 0 spiro atoms. The number of hydrogen-bond donors (Lipinski definition) is 2. The first-order valence-corrected chi connectivity index (χ1v) is 8.52. The molecule has 2 N–H and O–H groups in total. The zero-order valence-electron chi connectivity index (χ0n) is 14.2. The number of hydrogen-bond acceptors (Lipinski definition) is 5. The minimum atomic E-state index is -0.193. The number of nitrogens with zero attached hydrogens (tertiary/aromatic N) is 1. The van der Waals surface area contributed by atoms with Gasteiger partial charge >= 0.3 is 0 Å². The van der Waals surface area contributed by atoms with Gasteiger partial charge in [0.25, 0.3) is 5.91 Å². The molecule has 0 atom stereocenters. The normalized spacial score (nSPS) is 17.2. The summed E-state index contributed by atoms with van der Waals surface area (Å²) in [6, 6.07) is 11.0. The number of rotatable bonds is 3. The number of amides is 1. The number of carbonyl (C=O) groups is 1. The number of phenols is 1. The van der Waals surface area contributed by atoms with Gasteiger partial charge in [-0.05, 0) is 66.6 Å². The first kappa shape index (κ1) is 17.1. The van der Waals surface area contributed by atoms with Crippen molar-refractivity contribution in [1.82, 2.24) is 5.32 Å². The van der Waals surface area contributed by atoms with Gasteiger partial charge in [-0.3, -0.25) is 4.79 Å². The van der Waals surface area contributed by atoms with Crippen LogP contribution in [-0.4, -0.2) is 23.3 Å². The van der Waals surface area contributed by atoms with Gasteiger partial charge in [0.05, 0.1) is 17.7 Å². The fraction of sp³-hybridized carbons (Fsp3) is 0.158. The fourth-order valence-corrected chi connectivity index (χ4v) is 3.20. The zero-order valence-corrected chi connectivity index (χ0v) is 15.0. The standard InChI is InChI=1S/C19H18N2O3S/c1-11-4-5-12(2)14(8-11)20-19-21-18(23)17(25-19)10-13-6-7-15(22)16(9-13)24-3/h4-10,22H,1-3H3,(H,20,21,23)/b17-10-. The second-order valence-corrected chi connectivity index (χ2v) is 6.73. The number of methoxy groups -OCH3 is 1. The Balaban J connectivity index is 1.87. The molecule has 1 amide bonds. The van der Waals surface area contributed by atoms with E-state index in [0.29, 0.717) is 15.8 Å². The topological polar surface area (TPSA) is 70.9 Å². The maximum Gasteiger partial charge on any atom is 0.264 e. The van der Waals surface area contributed by atoms with E-state index in [1.807, 2.05) is 32.0 Å². The van der Waals surface area contributed by atoms with E-state index in [1.54, 1.807) is 18.2 Å². The highest BCUT2D eigenvalue weighted by atomic mass is 32.2. The van der Waals surface area contributed by atoms with E-state index in [9.17, 15) is 9.90 Å². The van der Waals surface area contributed by atoms with E-state index in [1.165, 1.54) is 24.9 Å². The number of phenolic OH excluding ortho intramolecular Hbond substituents is 1. The minimum absolute atomic E-state index is 0.0605. The van der Waals surface area contributed by atoms with Gasteiger partial charge in [0, 0.05) is 0 Å². The van der Waals surface area contributed by atoms with Crippen molar-refractivity contribution in [1.29, 1.82) is 0 Å². The Bertz CT molecular complexity index is 904. The number of ether oxygens (including phenoxy) is 1. The maximum atomic E-state index is 12.2. The Morgan fingerprint density at radius 3 is 2.76 bits per heavy atom. The summed E-state index contributed by atoms with van der Waals surface area (Å²) in [4.78, 5) is 17.3. The van der Waals surface area contributed by atoms with Crippen LogP contribution in [0.2, 0.25) is 0 Å².